The first-order chi connectivity index (χ1) is 13.3. The predicted molar refractivity (Wildman–Crippen MR) is 108 cm³/mol. The summed E-state index contributed by atoms with van der Waals surface area (Å²) in [6.45, 7) is 0. The number of amides is 1. The Bertz CT molecular complexity index is 1130. The number of nitrogen functional groups attached to an aromatic ring is 1. The van der Waals surface area contributed by atoms with Gasteiger partial charge in [0.05, 0.1) is 10.6 Å². The number of sulfonamides is 1. The van der Waals surface area contributed by atoms with E-state index in [2.05, 4.69) is 25.0 Å². The molecule has 28 heavy (non-hydrogen) atoms. The fraction of sp³-hybridized carbons (Fsp3) is 0.0667. The van der Waals surface area contributed by atoms with Crippen LogP contribution in [0.2, 0.25) is 0 Å². The Morgan fingerprint density at radius 1 is 1.29 bits per heavy atom. The van der Waals surface area contributed by atoms with Gasteiger partial charge in [-0.2, -0.15) is 0 Å². The largest absolute Gasteiger partial charge is 0.383 e. The molecule has 0 fully saturated rings. The van der Waals surface area contributed by atoms with Crippen LogP contribution in [0.15, 0.2) is 56.8 Å². The lowest BCUT2D eigenvalue weighted by Crippen LogP contribution is -2.16. The summed E-state index contributed by atoms with van der Waals surface area (Å²) in [4.78, 5) is 33.6. The number of nitrogens with zero attached hydrogens (tertiary/aromatic N) is 2. The number of benzene rings is 1. The maximum absolute atomic E-state index is 12.3. The van der Waals surface area contributed by atoms with Crippen LogP contribution in [-0.4, -0.2) is 35.0 Å². The van der Waals surface area contributed by atoms with Crippen LogP contribution in [0.1, 0.15) is 0 Å². The third-order valence-corrected chi connectivity index (χ3v) is 6.23. The number of H-pyrrole nitrogens is 1. The molecule has 0 aliphatic rings. The quantitative estimate of drug-likeness (QED) is 0.317. The molecule has 3 aromatic rings. The Hall–Kier alpha value is -2.90. The number of thiazole rings is 1. The third-order valence-electron chi connectivity index (χ3n) is 3.18. The first kappa shape index (κ1) is 19.9. The lowest BCUT2D eigenvalue weighted by molar-refractivity contribution is -0.113. The van der Waals surface area contributed by atoms with E-state index >= 15 is 0 Å². The molecule has 1 amide bonds. The van der Waals surface area contributed by atoms with Crippen molar-refractivity contribution in [1.82, 2.24) is 15.0 Å². The summed E-state index contributed by atoms with van der Waals surface area (Å²) < 4.78 is 26.9. The van der Waals surface area contributed by atoms with E-state index in [0.29, 0.717) is 5.69 Å². The van der Waals surface area contributed by atoms with Gasteiger partial charge >= 0.3 is 0 Å². The van der Waals surface area contributed by atoms with Gasteiger partial charge in [0.25, 0.3) is 15.6 Å². The molecular weight excluding hydrogens is 424 g/mol. The molecule has 0 atom stereocenters. The Morgan fingerprint density at radius 2 is 2.04 bits per heavy atom. The van der Waals surface area contributed by atoms with Crippen molar-refractivity contribution in [3.63, 3.8) is 0 Å². The SMILES string of the molecule is Nc1cc(=O)[nH]c(SCC(=O)Nc2ccc(S(=O)(=O)Nc3nccs3)cc2)n1. The molecular formula is C15H14N6O4S3. The number of nitrogens with one attached hydrogen (secondary N) is 3. The summed E-state index contributed by atoms with van der Waals surface area (Å²) in [5.41, 5.74) is 5.50. The number of hydrogen-bond acceptors (Lipinski definition) is 9. The fourth-order valence-corrected chi connectivity index (χ4v) is 4.49. The Balaban J connectivity index is 1.59. The average molecular weight is 439 g/mol. The van der Waals surface area contributed by atoms with Gasteiger partial charge in [-0.15, -0.1) is 11.3 Å². The van der Waals surface area contributed by atoms with E-state index in [-0.39, 0.29) is 32.7 Å². The minimum atomic E-state index is -3.76. The first-order valence-corrected chi connectivity index (χ1v) is 11.0. The minimum absolute atomic E-state index is 0.0158. The average Bonchev–Trinajstić information content (AvgIpc) is 3.12. The van der Waals surface area contributed by atoms with E-state index in [1.54, 1.807) is 5.38 Å². The number of aromatic nitrogens is 3. The summed E-state index contributed by atoms with van der Waals surface area (Å²) >= 11 is 2.18. The second kappa shape index (κ2) is 8.41. The first-order valence-electron chi connectivity index (χ1n) is 7.64. The van der Waals surface area contributed by atoms with E-state index in [1.165, 1.54) is 41.8 Å². The summed E-state index contributed by atoms with van der Waals surface area (Å²) in [7, 11) is -3.76. The number of anilines is 3. The molecule has 0 saturated carbocycles. The van der Waals surface area contributed by atoms with Gasteiger partial charge in [0.15, 0.2) is 10.3 Å². The van der Waals surface area contributed by atoms with Crippen LogP contribution in [0.25, 0.3) is 0 Å². The molecule has 146 valence electrons. The highest BCUT2D eigenvalue weighted by Crippen LogP contribution is 2.20. The molecule has 0 aliphatic carbocycles. The van der Waals surface area contributed by atoms with Gasteiger partial charge in [0.1, 0.15) is 5.82 Å². The van der Waals surface area contributed by atoms with E-state index in [4.69, 9.17) is 5.73 Å². The molecule has 5 N–H and O–H groups in total. The highest BCUT2D eigenvalue weighted by molar-refractivity contribution is 7.99. The number of thioether (sulfide) groups is 1. The van der Waals surface area contributed by atoms with Crippen molar-refractivity contribution in [3.8, 4) is 0 Å². The molecule has 1 aromatic carbocycles. The monoisotopic (exact) mass is 438 g/mol. The van der Waals surface area contributed by atoms with Gasteiger partial charge < -0.3 is 16.0 Å². The fourth-order valence-electron chi connectivity index (χ4n) is 2.02. The molecule has 10 nitrogen and oxygen atoms in total. The highest BCUT2D eigenvalue weighted by atomic mass is 32.2. The zero-order valence-corrected chi connectivity index (χ0v) is 16.5. The smallest absolute Gasteiger partial charge is 0.263 e. The zero-order valence-electron chi connectivity index (χ0n) is 14.1. The van der Waals surface area contributed by atoms with Crippen molar-refractivity contribution in [3.05, 3.63) is 52.3 Å². The van der Waals surface area contributed by atoms with E-state index in [0.717, 1.165) is 17.8 Å². The van der Waals surface area contributed by atoms with Crippen molar-refractivity contribution in [1.29, 1.82) is 0 Å². The number of hydrogen-bond donors (Lipinski definition) is 4. The van der Waals surface area contributed by atoms with E-state index in [1.807, 2.05) is 0 Å². The zero-order chi connectivity index (χ0) is 20.1. The van der Waals surface area contributed by atoms with Crippen LogP contribution in [0, 0.1) is 0 Å². The van der Waals surface area contributed by atoms with Crippen LogP contribution in [0.5, 0.6) is 0 Å². The number of carbonyl (C=O) groups is 1. The Labute approximate surface area is 167 Å². The predicted octanol–water partition coefficient (Wildman–Crippen LogP) is 1.34. The molecule has 0 unspecified atom stereocenters. The summed E-state index contributed by atoms with van der Waals surface area (Å²) in [6, 6.07) is 6.83. The molecule has 0 spiro atoms. The Kier molecular flexibility index (Phi) is 5.96. The van der Waals surface area contributed by atoms with Crippen molar-refractivity contribution in [2.45, 2.75) is 10.1 Å². The summed E-state index contributed by atoms with van der Waals surface area (Å²) in [5, 5.41) is 4.78. The maximum Gasteiger partial charge on any atom is 0.263 e. The molecule has 0 aliphatic heterocycles. The van der Waals surface area contributed by atoms with Crippen LogP contribution in [0.4, 0.5) is 16.6 Å². The molecule has 2 aromatic heterocycles. The molecule has 3 rings (SSSR count). The van der Waals surface area contributed by atoms with Crippen LogP contribution < -0.4 is 21.3 Å². The van der Waals surface area contributed by atoms with Crippen molar-refractivity contribution in [2.75, 3.05) is 21.5 Å². The third kappa shape index (κ3) is 5.31. The number of rotatable bonds is 7. The standard InChI is InChI=1S/C15H14N6O4S3/c16-11-7-12(22)20-15(19-11)27-8-13(23)18-9-1-3-10(4-2-9)28(24,25)21-14-17-5-6-26-14/h1-7H,8H2,(H,17,21)(H,18,23)(H3,16,19,20,22). The molecule has 0 saturated heterocycles. The molecule has 13 heteroatoms. The molecule has 0 bridgehead atoms. The number of carbonyl (C=O) groups excluding carboxylic acids is 1. The number of nitrogens with two attached hydrogens (primary N) is 1. The lowest BCUT2D eigenvalue weighted by atomic mass is 10.3. The van der Waals surface area contributed by atoms with Gasteiger partial charge in [-0.05, 0) is 24.3 Å². The highest BCUT2D eigenvalue weighted by Gasteiger charge is 2.15. The molecule has 2 heterocycles. The second-order valence-electron chi connectivity index (χ2n) is 5.28. The van der Waals surface area contributed by atoms with Gasteiger partial charge in [-0.3, -0.25) is 14.3 Å². The summed E-state index contributed by atoms with van der Waals surface area (Å²) in [6.07, 6.45) is 1.49. The van der Waals surface area contributed by atoms with Crippen molar-refractivity contribution in [2.24, 2.45) is 0 Å². The maximum atomic E-state index is 12.3. The van der Waals surface area contributed by atoms with Gasteiger partial charge in [0, 0.05) is 23.3 Å². The Morgan fingerprint density at radius 3 is 2.68 bits per heavy atom. The van der Waals surface area contributed by atoms with Crippen LogP contribution in [0.3, 0.4) is 0 Å². The lowest BCUT2D eigenvalue weighted by Gasteiger charge is -2.08. The van der Waals surface area contributed by atoms with Gasteiger partial charge in [-0.25, -0.2) is 18.4 Å². The minimum Gasteiger partial charge on any atom is -0.383 e. The molecule has 0 radical (unpaired) electrons. The number of aromatic amines is 1. The second-order valence-corrected chi connectivity index (χ2v) is 8.82. The van der Waals surface area contributed by atoms with Crippen molar-refractivity contribution < 1.29 is 13.2 Å². The summed E-state index contributed by atoms with van der Waals surface area (Å²) in [5.74, 6) is -0.306. The van der Waals surface area contributed by atoms with E-state index < -0.39 is 15.6 Å². The van der Waals surface area contributed by atoms with E-state index in [9.17, 15) is 18.0 Å². The topological polar surface area (TPSA) is 160 Å². The van der Waals surface area contributed by atoms with Gasteiger partial charge in [-0.1, -0.05) is 11.8 Å². The van der Waals surface area contributed by atoms with Crippen LogP contribution >= 0.6 is 23.1 Å². The normalized spacial score (nSPS) is 11.1. The van der Waals surface area contributed by atoms with Gasteiger partial charge in [0.2, 0.25) is 5.91 Å². The van der Waals surface area contributed by atoms with Crippen molar-refractivity contribution >= 4 is 55.7 Å². The van der Waals surface area contributed by atoms with Crippen LogP contribution in [-0.2, 0) is 14.8 Å².